The fourth-order valence-corrected chi connectivity index (χ4v) is 3.06. The molecule has 0 fully saturated rings. The van der Waals surface area contributed by atoms with Gasteiger partial charge in [-0.25, -0.2) is 4.98 Å². The maximum absolute atomic E-state index is 6.19. The summed E-state index contributed by atoms with van der Waals surface area (Å²) >= 11 is 7.96. The molecule has 0 saturated heterocycles. The van der Waals surface area contributed by atoms with Crippen LogP contribution in [0.4, 0.5) is 5.82 Å². The van der Waals surface area contributed by atoms with E-state index in [-0.39, 0.29) is 0 Å². The van der Waals surface area contributed by atoms with Gasteiger partial charge in [0.15, 0.2) is 0 Å². The van der Waals surface area contributed by atoms with Crippen LogP contribution in [0.5, 0.6) is 0 Å². The van der Waals surface area contributed by atoms with E-state index >= 15 is 0 Å². The molecule has 0 spiro atoms. The molecule has 0 aliphatic heterocycles. The van der Waals surface area contributed by atoms with Gasteiger partial charge in [-0.15, -0.1) is 11.8 Å². The van der Waals surface area contributed by atoms with Gasteiger partial charge in [0.25, 0.3) is 0 Å². The third-order valence-corrected chi connectivity index (χ3v) is 4.40. The number of nitrogens with one attached hydrogen (secondary N) is 1. The molecule has 0 atom stereocenters. The van der Waals surface area contributed by atoms with Crippen LogP contribution >= 0.6 is 23.4 Å². The van der Waals surface area contributed by atoms with Crippen LogP contribution in [-0.4, -0.2) is 12.0 Å². The first kappa shape index (κ1) is 14.2. The summed E-state index contributed by atoms with van der Waals surface area (Å²) in [5.74, 6) is 1.62. The standard InChI is InChI=1S/C15H17ClN2S/c1-10-4-5-11(2)14(8-10)19-9-13-12(16)6-7-15(17-3)18-13/h4-8H,9H2,1-3H3,(H,17,18). The molecule has 1 heterocycles. The van der Waals surface area contributed by atoms with Crippen molar-refractivity contribution in [1.82, 2.24) is 4.98 Å². The zero-order valence-corrected chi connectivity index (χ0v) is 12.9. The first-order valence-electron chi connectivity index (χ1n) is 6.13. The highest BCUT2D eigenvalue weighted by molar-refractivity contribution is 7.98. The smallest absolute Gasteiger partial charge is 0.126 e. The van der Waals surface area contributed by atoms with E-state index in [1.165, 1.54) is 16.0 Å². The molecule has 2 rings (SSSR count). The highest BCUT2D eigenvalue weighted by Crippen LogP contribution is 2.29. The van der Waals surface area contributed by atoms with Crippen LogP contribution in [0.3, 0.4) is 0 Å². The number of thioether (sulfide) groups is 1. The van der Waals surface area contributed by atoms with Crippen LogP contribution in [0, 0.1) is 13.8 Å². The number of pyridine rings is 1. The van der Waals surface area contributed by atoms with E-state index in [4.69, 9.17) is 11.6 Å². The van der Waals surface area contributed by atoms with Gasteiger partial charge in [0.1, 0.15) is 5.82 Å². The summed E-state index contributed by atoms with van der Waals surface area (Å²) in [5.41, 5.74) is 3.48. The molecule has 0 unspecified atom stereocenters. The van der Waals surface area contributed by atoms with Gasteiger partial charge in [-0.05, 0) is 37.6 Å². The van der Waals surface area contributed by atoms with Crippen molar-refractivity contribution >= 4 is 29.2 Å². The molecule has 0 radical (unpaired) electrons. The lowest BCUT2D eigenvalue weighted by Gasteiger charge is -2.09. The van der Waals surface area contributed by atoms with Crippen LogP contribution in [-0.2, 0) is 5.75 Å². The number of hydrogen-bond donors (Lipinski definition) is 1. The van der Waals surface area contributed by atoms with Crippen molar-refractivity contribution in [1.29, 1.82) is 0 Å². The van der Waals surface area contributed by atoms with Gasteiger partial charge < -0.3 is 5.32 Å². The molecule has 19 heavy (non-hydrogen) atoms. The van der Waals surface area contributed by atoms with Crippen molar-refractivity contribution in [3.8, 4) is 0 Å². The highest BCUT2D eigenvalue weighted by Gasteiger charge is 2.06. The van der Waals surface area contributed by atoms with Crippen LogP contribution < -0.4 is 5.32 Å². The van der Waals surface area contributed by atoms with E-state index in [1.54, 1.807) is 11.8 Å². The Balaban J connectivity index is 2.16. The van der Waals surface area contributed by atoms with Gasteiger partial charge in [0.05, 0.1) is 10.7 Å². The van der Waals surface area contributed by atoms with E-state index < -0.39 is 0 Å². The second-order valence-electron chi connectivity index (χ2n) is 4.43. The average molecular weight is 293 g/mol. The van der Waals surface area contributed by atoms with E-state index in [1.807, 2.05) is 19.2 Å². The van der Waals surface area contributed by atoms with Gasteiger partial charge in [0.2, 0.25) is 0 Å². The summed E-state index contributed by atoms with van der Waals surface area (Å²) in [5, 5.41) is 3.75. The van der Waals surface area contributed by atoms with Crippen molar-refractivity contribution in [3.05, 3.63) is 52.2 Å². The lowest BCUT2D eigenvalue weighted by atomic mass is 10.2. The molecule has 4 heteroatoms. The normalized spacial score (nSPS) is 10.5. The molecule has 0 bridgehead atoms. The lowest BCUT2D eigenvalue weighted by molar-refractivity contribution is 1.16. The number of halogens is 1. The number of anilines is 1. The largest absolute Gasteiger partial charge is 0.373 e. The summed E-state index contributed by atoms with van der Waals surface area (Å²) < 4.78 is 0. The van der Waals surface area contributed by atoms with Gasteiger partial charge in [-0.3, -0.25) is 0 Å². The van der Waals surface area contributed by atoms with Crippen molar-refractivity contribution in [2.75, 3.05) is 12.4 Å². The third-order valence-electron chi connectivity index (χ3n) is 2.88. The number of rotatable bonds is 4. The summed E-state index contributed by atoms with van der Waals surface area (Å²) in [6.07, 6.45) is 0. The fourth-order valence-electron chi connectivity index (χ4n) is 1.73. The Bertz CT molecular complexity index is 584. The third kappa shape index (κ3) is 3.64. The second kappa shape index (κ2) is 6.31. The van der Waals surface area contributed by atoms with Gasteiger partial charge >= 0.3 is 0 Å². The molecule has 2 nitrogen and oxygen atoms in total. The van der Waals surface area contributed by atoms with Crippen LogP contribution in [0.1, 0.15) is 16.8 Å². The molecule has 0 aliphatic carbocycles. The number of aromatic nitrogens is 1. The quantitative estimate of drug-likeness (QED) is 0.828. The summed E-state index contributed by atoms with van der Waals surface area (Å²) in [6, 6.07) is 10.3. The Labute approximate surface area is 123 Å². The Kier molecular flexibility index (Phi) is 4.72. The molecule has 1 aromatic carbocycles. The minimum Gasteiger partial charge on any atom is -0.373 e. The topological polar surface area (TPSA) is 24.9 Å². The van der Waals surface area contributed by atoms with Gasteiger partial charge in [-0.2, -0.15) is 0 Å². The van der Waals surface area contributed by atoms with E-state index in [2.05, 4.69) is 42.3 Å². The Hall–Kier alpha value is -1.19. The van der Waals surface area contributed by atoms with Crippen molar-refractivity contribution in [2.24, 2.45) is 0 Å². The summed E-state index contributed by atoms with van der Waals surface area (Å²) in [7, 11) is 1.86. The van der Waals surface area contributed by atoms with E-state index in [9.17, 15) is 0 Å². The Morgan fingerprint density at radius 2 is 2.00 bits per heavy atom. The predicted octanol–water partition coefficient (Wildman–Crippen LogP) is 4.69. The van der Waals surface area contributed by atoms with Gasteiger partial charge in [0, 0.05) is 17.7 Å². The lowest BCUT2D eigenvalue weighted by Crippen LogP contribution is -1.96. The molecule has 1 aromatic heterocycles. The maximum atomic E-state index is 6.19. The van der Waals surface area contributed by atoms with Gasteiger partial charge in [-0.1, -0.05) is 29.3 Å². The fraction of sp³-hybridized carbons (Fsp3) is 0.267. The molecule has 0 saturated carbocycles. The minimum absolute atomic E-state index is 0.719. The van der Waals surface area contributed by atoms with E-state index in [0.29, 0.717) is 0 Å². The SMILES string of the molecule is CNc1ccc(Cl)c(CSc2cc(C)ccc2C)n1. The second-order valence-corrected chi connectivity index (χ2v) is 5.86. The maximum Gasteiger partial charge on any atom is 0.126 e. The molecular weight excluding hydrogens is 276 g/mol. The minimum atomic E-state index is 0.719. The van der Waals surface area contributed by atoms with Crippen molar-refractivity contribution in [3.63, 3.8) is 0 Å². The highest BCUT2D eigenvalue weighted by atomic mass is 35.5. The van der Waals surface area contributed by atoms with E-state index in [0.717, 1.165) is 22.3 Å². The first-order chi connectivity index (χ1) is 9.10. The molecule has 0 amide bonds. The van der Waals surface area contributed by atoms with Crippen molar-refractivity contribution in [2.45, 2.75) is 24.5 Å². The zero-order valence-electron chi connectivity index (χ0n) is 11.3. The number of aryl methyl sites for hydroxylation is 2. The monoisotopic (exact) mass is 292 g/mol. The summed E-state index contributed by atoms with van der Waals surface area (Å²) in [4.78, 5) is 5.78. The Morgan fingerprint density at radius 3 is 2.74 bits per heavy atom. The van der Waals surface area contributed by atoms with Crippen molar-refractivity contribution < 1.29 is 0 Å². The zero-order chi connectivity index (χ0) is 13.8. The Morgan fingerprint density at radius 1 is 1.21 bits per heavy atom. The molecule has 2 aromatic rings. The molecule has 100 valence electrons. The number of benzene rings is 1. The number of nitrogens with zero attached hydrogens (tertiary/aromatic N) is 1. The average Bonchev–Trinajstić information content (AvgIpc) is 2.41. The molecular formula is C15H17ClN2S. The van der Waals surface area contributed by atoms with Crippen LogP contribution in [0.2, 0.25) is 5.02 Å². The van der Waals surface area contributed by atoms with Crippen LogP contribution in [0.15, 0.2) is 35.2 Å². The molecule has 1 N–H and O–H groups in total. The van der Waals surface area contributed by atoms with Crippen LogP contribution in [0.25, 0.3) is 0 Å². The first-order valence-corrected chi connectivity index (χ1v) is 7.49. The predicted molar refractivity (Wildman–Crippen MR) is 84.3 cm³/mol. The molecule has 0 aliphatic rings. The summed E-state index contributed by atoms with van der Waals surface area (Å²) in [6.45, 7) is 4.23. The number of hydrogen-bond acceptors (Lipinski definition) is 3.